The molecule has 1 aromatic rings. The molecule has 4 saturated carbocycles. The zero-order valence-electron chi connectivity index (χ0n) is 15.8. The Morgan fingerprint density at radius 2 is 1.50 bits per heavy atom. The summed E-state index contributed by atoms with van der Waals surface area (Å²) >= 11 is 0. The first-order valence-electron chi connectivity index (χ1n) is 9.79. The lowest BCUT2D eigenvalue weighted by molar-refractivity contribution is -0.130. The number of carbonyl (C=O) groups excluding carboxylic acids is 2. The molecule has 0 radical (unpaired) electrons. The molecule has 5 rings (SSSR count). The smallest absolute Gasteiger partial charge is 0.269 e. The predicted molar refractivity (Wildman–Crippen MR) is 102 cm³/mol. The van der Waals surface area contributed by atoms with Crippen molar-refractivity contribution in [1.29, 1.82) is 0 Å². The maximum atomic E-state index is 12.5. The highest BCUT2D eigenvalue weighted by Gasteiger charge is 2.51. The van der Waals surface area contributed by atoms with Crippen LogP contribution in [0.5, 0.6) is 0 Å². The van der Waals surface area contributed by atoms with E-state index in [1.54, 1.807) is 12.1 Å². The number of anilines is 1. The molecule has 0 spiro atoms. The van der Waals surface area contributed by atoms with E-state index in [0.29, 0.717) is 12.0 Å². The molecule has 0 saturated heterocycles. The van der Waals surface area contributed by atoms with Gasteiger partial charge in [-0.2, -0.15) is 0 Å². The van der Waals surface area contributed by atoms with Crippen molar-refractivity contribution in [3.63, 3.8) is 0 Å². The van der Waals surface area contributed by atoms with Crippen LogP contribution < -0.4 is 15.8 Å². The minimum atomic E-state index is -0.269. The van der Waals surface area contributed by atoms with Gasteiger partial charge in [-0.25, -0.2) is 0 Å². The topological polar surface area (TPSA) is 61.4 Å². The first kappa shape index (κ1) is 17.4. The first-order valence-corrected chi connectivity index (χ1v) is 9.79. The SMILES string of the molecule is CN(C)c1ccc(C(=O)NNC(=O)CC23CC4CC(CC(C4)C2)C3)cc1. The van der Waals surface area contributed by atoms with E-state index < -0.39 is 0 Å². The van der Waals surface area contributed by atoms with Gasteiger partial charge in [0.05, 0.1) is 0 Å². The summed E-state index contributed by atoms with van der Waals surface area (Å²) < 4.78 is 0. The number of rotatable bonds is 4. The summed E-state index contributed by atoms with van der Waals surface area (Å²) in [4.78, 5) is 26.7. The van der Waals surface area contributed by atoms with E-state index in [2.05, 4.69) is 10.9 Å². The fourth-order valence-corrected chi connectivity index (χ4v) is 6.00. The summed E-state index contributed by atoms with van der Waals surface area (Å²) in [6, 6.07) is 7.34. The van der Waals surface area contributed by atoms with Crippen LogP contribution in [0.25, 0.3) is 0 Å². The second-order valence-electron chi connectivity index (χ2n) is 9.04. The molecule has 0 aromatic heterocycles. The van der Waals surface area contributed by atoms with Gasteiger partial charge in [-0.1, -0.05) is 0 Å². The standard InChI is InChI=1S/C21H29N3O2/c1-24(2)18-5-3-17(4-6-18)20(26)23-22-19(25)13-21-10-14-7-15(11-21)9-16(8-14)12-21/h3-6,14-16H,7-13H2,1-2H3,(H,22,25)(H,23,26). The third-order valence-electron chi connectivity index (χ3n) is 6.66. The molecule has 5 heteroatoms. The molecule has 2 amide bonds. The Bertz CT molecular complexity index is 660. The molecule has 0 atom stereocenters. The van der Waals surface area contributed by atoms with E-state index in [0.717, 1.165) is 23.4 Å². The molecule has 4 bridgehead atoms. The minimum absolute atomic E-state index is 0.0507. The lowest BCUT2D eigenvalue weighted by Gasteiger charge is -2.56. The lowest BCUT2D eigenvalue weighted by Crippen LogP contribution is -2.50. The van der Waals surface area contributed by atoms with Gasteiger partial charge in [0.2, 0.25) is 5.91 Å². The number of hydrazine groups is 1. The highest BCUT2D eigenvalue weighted by atomic mass is 16.2. The van der Waals surface area contributed by atoms with Crippen LogP contribution in [0.4, 0.5) is 5.69 Å². The van der Waals surface area contributed by atoms with Gasteiger partial charge in [0.25, 0.3) is 5.91 Å². The van der Waals surface area contributed by atoms with Crippen molar-refractivity contribution in [2.24, 2.45) is 23.2 Å². The molecule has 5 nitrogen and oxygen atoms in total. The second kappa shape index (κ2) is 6.60. The monoisotopic (exact) mass is 355 g/mol. The molecule has 4 aliphatic rings. The van der Waals surface area contributed by atoms with Crippen molar-refractivity contribution >= 4 is 17.5 Å². The van der Waals surface area contributed by atoms with Crippen LogP contribution in [-0.2, 0) is 4.79 Å². The summed E-state index contributed by atoms with van der Waals surface area (Å²) in [5.41, 5.74) is 7.00. The predicted octanol–water partition coefficient (Wildman–Crippen LogP) is 3.12. The molecule has 2 N–H and O–H groups in total. The van der Waals surface area contributed by atoms with Gasteiger partial charge in [-0.05, 0) is 86.0 Å². The van der Waals surface area contributed by atoms with E-state index in [1.807, 2.05) is 31.1 Å². The average molecular weight is 355 g/mol. The van der Waals surface area contributed by atoms with Crippen molar-refractivity contribution in [3.05, 3.63) is 29.8 Å². The normalized spacial score (nSPS) is 31.5. The van der Waals surface area contributed by atoms with E-state index in [-0.39, 0.29) is 17.2 Å². The van der Waals surface area contributed by atoms with Crippen molar-refractivity contribution in [2.75, 3.05) is 19.0 Å². The Kier molecular flexibility index (Phi) is 4.41. The maximum Gasteiger partial charge on any atom is 0.269 e. The third kappa shape index (κ3) is 3.44. The fraction of sp³-hybridized carbons (Fsp3) is 0.619. The number of hydrogen-bond donors (Lipinski definition) is 2. The summed E-state index contributed by atoms with van der Waals surface area (Å²) in [7, 11) is 3.92. The molecular weight excluding hydrogens is 326 g/mol. The Balaban J connectivity index is 1.31. The Morgan fingerprint density at radius 3 is 2.00 bits per heavy atom. The van der Waals surface area contributed by atoms with Gasteiger partial charge >= 0.3 is 0 Å². The Hall–Kier alpha value is -2.04. The Labute approximate surface area is 155 Å². The molecule has 0 unspecified atom stereocenters. The highest BCUT2D eigenvalue weighted by molar-refractivity contribution is 5.95. The molecule has 26 heavy (non-hydrogen) atoms. The largest absolute Gasteiger partial charge is 0.378 e. The van der Waals surface area contributed by atoms with Crippen molar-refractivity contribution in [2.45, 2.75) is 44.9 Å². The zero-order valence-corrected chi connectivity index (χ0v) is 15.8. The van der Waals surface area contributed by atoms with Gasteiger partial charge in [-0.15, -0.1) is 0 Å². The van der Waals surface area contributed by atoms with E-state index in [9.17, 15) is 9.59 Å². The fourth-order valence-electron chi connectivity index (χ4n) is 6.00. The van der Waals surface area contributed by atoms with Crippen molar-refractivity contribution < 1.29 is 9.59 Å². The first-order chi connectivity index (χ1) is 12.4. The van der Waals surface area contributed by atoms with E-state index in [4.69, 9.17) is 0 Å². The number of nitrogens with one attached hydrogen (secondary N) is 2. The van der Waals surface area contributed by atoms with Crippen LogP contribution in [0.3, 0.4) is 0 Å². The summed E-state index contributed by atoms with van der Waals surface area (Å²) in [5, 5.41) is 0. The van der Waals surface area contributed by atoms with E-state index >= 15 is 0 Å². The molecule has 0 aliphatic heterocycles. The maximum absolute atomic E-state index is 12.5. The number of nitrogens with zero attached hydrogens (tertiary/aromatic N) is 1. The molecule has 0 heterocycles. The van der Waals surface area contributed by atoms with Gasteiger partial charge in [0, 0.05) is 31.8 Å². The Morgan fingerprint density at radius 1 is 0.962 bits per heavy atom. The molecule has 4 fully saturated rings. The van der Waals surface area contributed by atoms with Crippen molar-refractivity contribution in [1.82, 2.24) is 10.9 Å². The van der Waals surface area contributed by atoms with Crippen molar-refractivity contribution in [3.8, 4) is 0 Å². The average Bonchev–Trinajstić information content (AvgIpc) is 2.58. The number of carbonyl (C=O) groups is 2. The quantitative estimate of drug-likeness (QED) is 0.816. The number of benzene rings is 1. The van der Waals surface area contributed by atoms with Gasteiger partial charge < -0.3 is 4.90 Å². The number of amides is 2. The highest BCUT2D eigenvalue weighted by Crippen LogP contribution is 2.61. The molecule has 140 valence electrons. The summed E-state index contributed by atoms with van der Waals surface area (Å²) in [5.74, 6) is 2.18. The van der Waals surface area contributed by atoms with Crippen LogP contribution in [0, 0.1) is 23.2 Å². The van der Waals surface area contributed by atoms with E-state index in [1.165, 1.54) is 38.5 Å². The molecule has 1 aromatic carbocycles. The minimum Gasteiger partial charge on any atom is -0.378 e. The van der Waals surface area contributed by atoms with Crippen LogP contribution >= 0.6 is 0 Å². The van der Waals surface area contributed by atoms with Crippen LogP contribution in [0.1, 0.15) is 55.3 Å². The van der Waals surface area contributed by atoms with Crippen LogP contribution in [-0.4, -0.2) is 25.9 Å². The van der Waals surface area contributed by atoms with Gasteiger partial charge in [-0.3, -0.25) is 20.4 Å². The summed E-state index contributed by atoms with van der Waals surface area (Å²) in [6.07, 6.45) is 8.28. The lowest BCUT2D eigenvalue weighted by atomic mass is 9.49. The second-order valence-corrected chi connectivity index (χ2v) is 9.04. The summed E-state index contributed by atoms with van der Waals surface area (Å²) in [6.45, 7) is 0. The zero-order chi connectivity index (χ0) is 18.3. The molecule has 4 aliphatic carbocycles. The van der Waals surface area contributed by atoms with Gasteiger partial charge in [0.1, 0.15) is 0 Å². The molecular formula is C21H29N3O2. The van der Waals surface area contributed by atoms with Gasteiger partial charge in [0.15, 0.2) is 0 Å². The van der Waals surface area contributed by atoms with Crippen LogP contribution in [0.15, 0.2) is 24.3 Å². The third-order valence-corrected chi connectivity index (χ3v) is 6.66. The number of hydrogen-bond acceptors (Lipinski definition) is 3. The van der Waals surface area contributed by atoms with Crippen LogP contribution in [0.2, 0.25) is 0 Å².